The van der Waals surface area contributed by atoms with Crippen molar-refractivity contribution >= 4 is 34.9 Å². The lowest BCUT2D eigenvalue weighted by Gasteiger charge is -2.59. The highest BCUT2D eigenvalue weighted by atomic mass is 35.5. The zero-order valence-corrected chi connectivity index (χ0v) is 32.9. The highest BCUT2D eigenvalue weighted by Crippen LogP contribution is 2.67. The monoisotopic (exact) mass is 778 g/mol. The molecule has 3 N–H and O–H groups in total. The molecular formula is C45H47ClN2O6S. The number of hydrogen-bond donors (Lipinski definition) is 3. The van der Waals surface area contributed by atoms with Crippen LogP contribution in [0.4, 0.5) is 0 Å². The molecule has 0 bridgehead atoms. The maximum Gasteiger partial charge on any atom is 0.267 e. The molecule has 286 valence electrons. The number of nitrogens with zero attached hydrogens (tertiary/aromatic N) is 2. The first-order chi connectivity index (χ1) is 26.3. The van der Waals surface area contributed by atoms with E-state index in [9.17, 15) is 29.7 Å². The van der Waals surface area contributed by atoms with Crippen LogP contribution in [-0.2, 0) is 16.1 Å². The summed E-state index contributed by atoms with van der Waals surface area (Å²) in [5.41, 5.74) is 2.81. The first-order valence-corrected chi connectivity index (χ1v) is 20.5. The number of hydrogen-bond acceptors (Lipinski definition) is 8. The van der Waals surface area contributed by atoms with E-state index in [4.69, 9.17) is 16.7 Å². The molecule has 3 aromatic carbocycles. The van der Waals surface area contributed by atoms with Crippen LogP contribution in [-0.4, -0.2) is 61.2 Å². The zero-order valence-electron chi connectivity index (χ0n) is 31.3. The molecule has 0 amide bonds. The molecule has 3 saturated carbocycles. The average Bonchev–Trinajstić information content (AvgIpc) is 3.46. The largest absolute Gasteiger partial charge is 0.393 e. The van der Waals surface area contributed by atoms with Gasteiger partial charge in [0.05, 0.1) is 18.3 Å². The minimum absolute atomic E-state index is 0.00912. The third-order valence-electron chi connectivity index (χ3n) is 12.9. The standard InChI is InChI=1S/C24H19ClN2OS.C21H28O5/c1-29-21-13-9-19(10-14-21)24-22(18-7-11-20(25)12-8-18)15-23(28)27(26-24)16-17-5-3-2-4-6-17;1-19-7-5-13(23)9-12(19)3-4-14-15-6-8-21(26,17(25)11-22)20(15,2)10-16(24)18(14)19/h2-15H,16H2,1H3;5,7,9,14-16,18,22,24,26H,3-4,6,8,10-11H2,1-2H3/t;14-,15-,16-,18+,19-,20-,21-/m.0/s1. The average molecular weight is 779 g/mol. The molecule has 4 aliphatic rings. The van der Waals surface area contributed by atoms with Crippen molar-refractivity contribution in [2.45, 2.75) is 69.1 Å². The first-order valence-electron chi connectivity index (χ1n) is 18.9. The number of aliphatic hydroxyl groups is 3. The molecule has 8 rings (SSSR count). The van der Waals surface area contributed by atoms with E-state index in [-0.39, 0.29) is 34.5 Å². The number of aliphatic hydroxyl groups excluding tert-OH is 2. The van der Waals surface area contributed by atoms with E-state index in [1.54, 1.807) is 30.0 Å². The van der Waals surface area contributed by atoms with Gasteiger partial charge in [-0.25, -0.2) is 4.68 Å². The summed E-state index contributed by atoms with van der Waals surface area (Å²) in [6.45, 7) is 3.77. The number of halogens is 1. The summed E-state index contributed by atoms with van der Waals surface area (Å²) < 4.78 is 1.52. The number of rotatable bonds is 7. The van der Waals surface area contributed by atoms with Crippen LogP contribution in [0.2, 0.25) is 5.02 Å². The van der Waals surface area contributed by atoms with Gasteiger partial charge >= 0.3 is 0 Å². The highest BCUT2D eigenvalue weighted by Gasteiger charge is 2.68. The number of thioether (sulfide) groups is 1. The maximum absolute atomic E-state index is 12.8. The van der Waals surface area contributed by atoms with Crippen molar-refractivity contribution < 1.29 is 24.9 Å². The second kappa shape index (κ2) is 15.4. The molecule has 7 atom stereocenters. The van der Waals surface area contributed by atoms with Gasteiger partial charge in [-0.1, -0.05) is 91.7 Å². The third-order valence-corrected chi connectivity index (χ3v) is 13.9. The summed E-state index contributed by atoms with van der Waals surface area (Å²) in [7, 11) is 0. The Kier molecular flexibility index (Phi) is 11.0. The molecule has 1 heterocycles. The lowest BCUT2D eigenvalue weighted by Crippen LogP contribution is -2.61. The summed E-state index contributed by atoms with van der Waals surface area (Å²) in [6, 6.07) is 27.3. The van der Waals surface area contributed by atoms with Crippen molar-refractivity contribution in [2.75, 3.05) is 12.9 Å². The highest BCUT2D eigenvalue weighted by molar-refractivity contribution is 7.98. The Hall–Kier alpha value is -4.12. The summed E-state index contributed by atoms with van der Waals surface area (Å²) >= 11 is 7.74. The van der Waals surface area contributed by atoms with E-state index < -0.39 is 29.5 Å². The van der Waals surface area contributed by atoms with Gasteiger partial charge in [0.25, 0.3) is 5.56 Å². The third kappa shape index (κ3) is 7.10. The van der Waals surface area contributed by atoms with Crippen molar-refractivity contribution in [3.8, 4) is 22.4 Å². The van der Waals surface area contributed by atoms with E-state index in [1.165, 1.54) is 9.58 Å². The minimum Gasteiger partial charge on any atom is -0.393 e. The van der Waals surface area contributed by atoms with Gasteiger partial charge < -0.3 is 15.3 Å². The van der Waals surface area contributed by atoms with Crippen LogP contribution in [0.25, 0.3) is 22.4 Å². The van der Waals surface area contributed by atoms with Crippen molar-refractivity contribution in [3.63, 3.8) is 0 Å². The second-order valence-electron chi connectivity index (χ2n) is 15.8. The molecule has 0 saturated heterocycles. The van der Waals surface area contributed by atoms with E-state index in [0.29, 0.717) is 24.4 Å². The molecule has 55 heavy (non-hydrogen) atoms. The zero-order chi connectivity index (χ0) is 39.1. The molecule has 1 aromatic heterocycles. The second-order valence-corrected chi connectivity index (χ2v) is 17.1. The quantitative estimate of drug-likeness (QED) is 0.164. The van der Waals surface area contributed by atoms with Crippen LogP contribution in [0.1, 0.15) is 51.5 Å². The van der Waals surface area contributed by atoms with E-state index in [2.05, 4.69) is 19.1 Å². The van der Waals surface area contributed by atoms with E-state index in [0.717, 1.165) is 52.8 Å². The normalized spacial score (nSPS) is 29.3. The van der Waals surface area contributed by atoms with E-state index in [1.807, 2.05) is 86.0 Å². The van der Waals surface area contributed by atoms with Crippen LogP contribution in [0.5, 0.6) is 0 Å². The van der Waals surface area contributed by atoms with Gasteiger partial charge in [-0.2, -0.15) is 5.10 Å². The Balaban J connectivity index is 0.000000170. The van der Waals surface area contributed by atoms with Gasteiger partial charge in [0, 0.05) is 43.9 Å². The molecule has 0 aliphatic heterocycles. The molecule has 0 radical (unpaired) electrons. The van der Waals surface area contributed by atoms with Gasteiger partial charge in [0.15, 0.2) is 11.6 Å². The maximum atomic E-state index is 12.8. The molecule has 3 fully saturated rings. The van der Waals surface area contributed by atoms with Crippen molar-refractivity contribution in [2.24, 2.45) is 28.6 Å². The van der Waals surface area contributed by atoms with Crippen molar-refractivity contribution in [3.05, 3.63) is 130 Å². The SMILES string of the molecule is CSc1ccc(-c2nn(Cc3ccccc3)c(=O)cc2-c2ccc(Cl)cc2)cc1.C[C@]12C=CC(=O)C=C1CC[C@@H]1[C@@H]2[C@@H](O)C[C@@]2(C)[C@H]1CC[C@]2(O)C(=O)CO. The number of fused-ring (bicyclic) bond motifs is 5. The summed E-state index contributed by atoms with van der Waals surface area (Å²) in [6.07, 6.45) is 9.73. The molecule has 0 spiro atoms. The molecule has 10 heteroatoms. The van der Waals surface area contributed by atoms with Crippen molar-refractivity contribution in [1.29, 1.82) is 0 Å². The summed E-state index contributed by atoms with van der Waals surface area (Å²) in [5.74, 6) is -0.227. The van der Waals surface area contributed by atoms with Crippen LogP contribution in [0.15, 0.2) is 118 Å². The van der Waals surface area contributed by atoms with Crippen LogP contribution < -0.4 is 5.56 Å². The van der Waals surface area contributed by atoms with Crippen LogP contribution >= 0.6 is 23.4 Å². The number of ketones is 2. The number of aromatic nitrogens is 2. The Morgan fingerprint density at radius 2 is 1.67 bits per heavy atom. The molecule has 8 nitrogen and oxygen atoms in total. The summed E-state index contributed by atoms with van der Waals surface area (Å²) in [4.78, 5) is 38.2. The fourth-order valence-electron chi connectivity index (χ4n) is 10.1. The predicted octanol–water partition coefficient (Wildman–Crippen LogP) is 7.56. The van der Waals surface area contributed by atoms with Gasteiger partial charge in [-0.15, -0.1) is 11.8 Å². The fourth-order valence-corrected chi connectivity index (χ4v) is 10.6. The van der Waals surface area contributed by atoms with E-state index >= 15 is 0 Å². The van der Waals surface area contributed by atoms with Gasteiger partial charge in [-0.3, -0.25) is 14.4 Å². The Bertz CT molecular complexity index is 2200. The number of carbonyl (C=O) groups excluding carboxylic acids is 2. The van der Waals surface area contributed by atoms with Crippen LogP contribution in [0.3, 0.4) is 0 Å². The molecular weight excluding hydrogens is 732 g/mol. The molecule has 0 unspecified atom stereocenters. The lowest BCUT2D eigenvalue weighted by molar-refractivity contribution is -0.178. The first kappa shape index (κ1) is 39.1. The smallest absolute Gasteiger partial charge is 0.267 e. The topological polar surface area (TPSA) is 130 Å². The van der Waals surface area contributed by atoms with Gasteiger partial charge in [-0.05, 0) is 97.7 Å². The Morgan fingerprint density at radius 3 is 2.35 bits per heavy atom. The lowest BCUT2D eigenvalue weighted by atomic mass is 9.46. The van der Waals surface area contributed by atoms with Crippen molar-refractivity contribution in [1.82, 2.24) is 9.78 Å². The van der Waals surface area contributed by atoms with Gasteiger partial charge in [0.2, 0.25) is 0 Å². The Labute approximate surface area is 331 Å². The Morgan fingerprint density at radius 1 is 0.982 bits per heavy atom. The number of benzene rings is 3. The molecule has 4 aromatic rings. The van der Waals surface area contributed by atoms with Crippen LogP contribution in [0, 0.1) is 28.6 Å². The predicted molar refractivity (Wildman–Crippen MR) is 217 cm³/mol. The minimum atomic E-state index is -1.56. The number of Topliss-reactive ketones (excluding diaryl/α,β-unsaturated/α-hetero) is 1. The number of carbonyl (C=O) groups is 2. The number of allylic oxidation sites excluding steroid dienone is 4. The molecule has 4 aliphatic carbocycles. The van der Waals surface area contributed by atoms with Gasteiger partial charge in [0.1, 0.15) is 12.2 Å². The summed E-state index contributed by atoms with van der Waals surface area (Å²) in [5, 5.41) is 37.1. The fraction of sp³-hybridized carbons (Fsp3) is 0.378.